The van der Waals surface area contributed by atoms with E-state index in [9.17, 15) is 4.39 Å². The van der Waals surface area contributed by atoms with Crippen molar-refractivity contribution in [1.82, 2.24) is 4.72 Å². The molecule has 0 radical (unpaired) electrons. The quantitative estimate of drug-likeness (QED) is 0.784. The lowest BCUT2D eigenvalue weighted by atomic mass is 10.2. The van der Waals surface area contributed by atoms with Gasteiger partial charge in [0.05, 0.1) is 5.69 Å². The first kappa shape index (κ1) is 16.2. The second-order valence-electron chi connectivity index (χ2n) is 5.12. The highest BCUT2D eigenvalue weighted by Gasteiger charge is 2.39. The third kappa shape index (κ3) is 3.20. The summed E-state index contributed by atoms with van der Waals surface area (Å²) in [4.78, 5) is 4.91. The molecule has 1 atom stereocenters. The van der Waals surface area contributed by atoms with Gasteiger partial charge in [-0.3, -0.25) is 0 Å². The molecule has 1 aliphatic rings. The highest BCUT2D eigenvalue weighted by atomic mass is 35.5. The van der Waals surface area contributed by atoms with Crippen molar-refractivity contribution >= 4 is 50.1 Å². The van der Waals surface area contributed by atoms with E-state index in [1.54, 1.807) is 6.07 Å². The molecule has 3 nitrogen and oxygen atoms in total. The van der Waals surface area contributed by atoms with Crippen LogP contribution in [-0.2, 0) is 6.42 Å². The predicted molar refractivity (Wildman–Crippen MR) is 100 cm³/mol. The first-order valence-corrected chi connectivity index (χ1v) is 9.56. The van der Waals surface area contributed by atoms with Gasteiger partial charge in [0.15, 0.2) is 5.11 Å². The number of halogens is 2. The summed E-state index contributed by atoms with van der Waals surface area (Å²) in [5.74, 6) is 0.526. The molecule has 1 heterocycles. The number of hydrogen-bond acceptors (Lipinski definition) is 2. The van der Waals surface area contributed by atoms with E-state index in [-0.39, 0.29) is 5.11 Å². The zero-order valence-corrected chi connectivity index (χ0v) is 14.5. The molecule has 0 aliphatic carbocycles. The van der Waals surface area contributed by atoms with Gasteiger partial charge in [-0.2, -0.15) is 4.39 Å². The molecule has 3 N–H and O–H groups in total. The van der Waals surface area contributed by atoms with Crippen molar-refractivity contribution < 1.29 is 4.39 Å². The number of fused-ring (bicyclic) bond motifs is 1. The van der Waals surface area contributed by atoms with E-state index in [1.807, 2.05) is 42.5 Å². The normalized spacial score (nSPS) is 21.9. The van der Waals surface area contributed by atoms with Crippen LogP contribution in [0.5, 0.6) is 0 Å². The van der Waals surface area contributed by atoms with Crippen molar-refractivity contribution in [2.24, 2.45) is 10.7 Å². The number of aryl methyl sites for hydroxylation is 1. The summed E-state index contributed by atoms with van der Waals surface area (Å²) in [7, 11) is -2.17. The Morgan fingerprint density at radius 2 is 1.91 bits per heavy atom. The van der Waals surface area contributed by atoms with Crippen LogP contribution in [0.25, 0.3) is 0 Å². The SMILES string of the molecule is NC(=S)NS1(CCc2ccc(Cl)cc2)C(F)=Nc2ccccc21. The van der Waals surface area contributed by atoms with Gasteiger partial charge in [0.1, 0.15) is 0 Å². The van der Waals surface area contributed by atoms with Crippen LogP contribution in [0.3, 0.4) is 0 Å². The van der Waals surface area contributed by atoms with Crippen LogP contribution in [0.1, 0.15) is 5.56 Å². The fraction of sp³-hybridized carbons (Fsp3) is 0.125. The number of rotatable bonds is 4. The summed E-state index contributed by atoms with van der Waals surface area (Å²) in [6, 6.07) is 14.9. The Balaban J connectivity index is 1.93. The summed E-state index contributed by atoms with van der Waals surface area (Å²) in [6.45, 7) is 0. The Morgan fingerprint density at radius 3 is 2.61 bits per heavy atom. The Kier molecular flexibility index (Phi) is 4.57. The second-order valence-corrected chi connectivity index (χ2v) is 8.86. The molecule has 120 valence electrons. The summed E-state index contributed by atoms with van der Waals surface area (Å²) in [6.07, 6.45) is 0.666. The minimum atomic E-state index is -2.17. The van der Waals surface area contributed by atoms with E-state index < -0.39 is 15.5 Å². The fourth-order valence-corrected chi connectivity index (χ4v) is 5.88. The van der Waals surface area contributed by atoms with E-state index in [2.05, 4.69) is 9.71 Å². The van der Waals surface area contributed by atoms with Crippen molar-refractivity contribution in [3.8, 4) is 0 Å². The number of benzene rings is 2. The van der Waals surface area contributed by atoms with Crippen LogP contribution in [-0.4, -0.2) is 16.2 Å². The smallest absolute Gasteiger partial charge is 0.252 e. The first-order chi connectivity index (χ1) is 11.0. The van der Waals surface area contributed by atoms with Gasteiger partial charge in [-0.1, -0.05) is 46.1 Å². The van der Waals surface area contributed by atoms with E-state index in [0.717, 1.165) is 10.5 Å². The van der Waals surface area contributed by atoms with E-state index in [4.69, 9.17) is 29.6 Å². The molecule has 7 heteroatoms. The van der Waals surface area contributed by atoms with E-state index in [0.29, 0.717) is 22.9 Å². The van der Waals surface area contributed by atoms with Gasteiger partial charge in [0, 0.05) is 15.7 Å². The molecule has 2 aromatic rings. The fourth-order valence-electron chi connectivity index (χ4n) is 2.54. The Morgan fingerprint density at radius 1 is 1.22 bits per heavy atom. The van der Waals surface area contributed by atoms with Crippen LogP contribution in [0.15, 0.2) is 58.4 Å². The van der Waals surface area contributed by atoms with Gasteiger partial charge < -0.3 is 10.5 Å². The number of nitrogens with two attached hydrogens (primary N) is 1. The number of thiocarbonyl (C=S) groups is 1. The van der Waals surface area contributed by atoms with Crippen molar-refractivity contribution in [2.45, 2.75) is 11.3 Å². The molecule has 0 amide bonds. The molecule has 3 rings (SSSR count). The summed E-state index contributed by atoms with van der Waals surface area (Å²) >= 11 is 10.9. The summed E-state index contributed by atoms with van der Waals surface area (Å²) in [5, 5.41) is 0.328. The Hall–Kier alpha value is -1.63. The van der Waals surface area contributed by atoms with Gasteiger partial charge >= 0.3 is 0 Å². The molecule has 1 unspecified atom stereocenters. The molecule has 2 aromatic carbocycles. The third-order valence-electron chi connectivity index (χ3n) is 3.62. The predicted octanol–water partition coefficient (Wildman–Crippen LogP) is 4.47. The highest BCUT2D eigenvalue weighted by Crippen LogP contribution is 2.62. The van der Waals surface area contributed by atoms with Gasteiger partial charge in [0.25, 0.3) is 5.30 Å². The van der Waals surface area contributed by atoms with E-state index in [1.165, 1.54) is 0 Å². The summed E-state index contributed by atoms with van der Waals surface area (Å²) < 4.78 is 17.8. The number of para-hydroxylation sites is 1. The topological polar surface area (TPSA) is 50.4 Å². The minimum Gasteiger partial charge on any atom is -0.376 e. The maximum atomic E-state index is 14.8. The molecule has 1 aliphatic heterocycles. The molecule has 0 fully saturated rings. The second kappa shape index (κ2) is 6.47. The molecule has 0 saturated carbocycles. The molecule has 0 spiro atoms. The average molecular weight is 368 g/mol. The first-order valence-electron chi connectivity index (χ1n) is 6.97. The molecule has 0 aromatic heterocycles. The maximum Gasteiger partial charge on any atom is 0.252 e. The van der Waals surface area contributed by atoms with Gasteiger partial charge in [-0.05, 0) is 48.5 Å². The lowest BCUT2D eigenvalue weighted by molar-refractivity contribution is 0.829. The number of nitrogens with one attached hydrogen (secondary N) is 1. The van der Waals surface area contributed by atoms with Crippen molar-refractivity contribution in [1.29, 1.82) is 0 Å². The molecular weight excluding hydrogens is 353 g/mol. The van der Waals surface area contributed by atoms with Crippen LogP contribution in [0.2, 0.25) is 5.02 Å². The highest BCUT2D eigenvalue weighted by molar-refractivity contribution is 8.44. The van der Waals surface area contributed by atoms with Crippen molar-refractivity contribution in [2.75, 3.05) is 5.75 Å². The minimum absolute atomic E-state index is 0.0816. The maximum absolute atomic E-state index is 14.8. The van der Waals surface area contributed by atoms with Gasteiger partial charge in [-0.15, -0.1) is 0 Å². The van der Waals surface area contributed by atoms with Crippen LogP contribution in [0.4, 0.5) is 10.1 Å². The monoisotopic (exact) mass is 367 g/mol. The van der Waals surface area contributed by atoms with Crippen molar-refractivity contribution in [3.05, 3.63) is 59.1 Å². The molecular formula is C16H15ClFN3S2. The van der Waals surface area contributed by atoms with Crippen molar-refractivity contribution in [3.63, 3.8) is 0 Å². The Labute approximate surface area is 146 Å². The molecule has 23 heavy (non-hydrogen) atoms. The lowest BCUT2D eigenvalue weighted by Crippen LogP contribution is -2.36. The largest absolute Gasteiger partial charge is 0.376 e. The Bertz CT molecular complexity index is 779. The number of hydrogen-bond donors (Lipinski definition) is 2. The lowest BCUT2D eigenvalue weighted by Gasteiger charge is -2.35. The van der Waals surface area contributed by atoms with Crippen LogP contribution < -0.4 is 10.5 Å². The number of aliphatic imine (C=N–C) groups is 1. The average Bonchev–Trinajstić information content (AvgIpc) is 2.79. The standard InChI is InChI=1S/C16H15ClFN3S2/c17-12-7-5-11(6-8-12)9-10-23(21-16(19)22)14-4-2-1-3-13(14)20-15(23)18/h1-8H,9-10H2,(H3,19,21,22). The van der Waals surface area contributed by atoms with Gasteiger partial charge in [0.2, 0.25) is 0 Å². The van der Waals surface area contributed by atoms with Gasteiger partial charge in [-0.25, -0.2) is 4.99 Å². The zero-order valence-electron chi connectivity index (χ0n) is 12.1. The van der Waals surface area contributed by atoms with E-state index >= 15 is 0 Å². The summed E-state index contributed by atoms with van der Waals surface area (Å²) in [5.41, 5.74) is 7.38. The molecule has 0 saturated heterocycles. The molecule has 0 bridgehead atoms. The van der Waals surface area contributed by atoms with Crippen LogP contribution >= 0.6 is 34.0 Å². The zero-order chi connectivity index (χ0) is 16.4. The van der Waals surface area contributed by atoms with Crippen LogP contribution in [0, 0.1) is 0 Å². The third-order valence-corrected chi connectivity index (χ3v) is 7.25. The number of nitrogens with zero attached hydrogens (tertiary/aromatic N) is 1.